The summed E-state index contributed by atoms with van der Waals surface area (Å²) in [4.78, 5) is 23.0. The highest BCUT2D eigenvalue weighted by atomic mass is 16.5. The minimum Gasteiger partial charge on any atom is -0.496 e. The Hall–Kier alpha value is -2.04. The third-order valence-corrected chi connectivity index (χ3v) is 4.37. The van der Waals surface area contributed by atoms with E-state index in [-0.39, 0.29) is 17.4 Å². The Balaban J connectivity index is 1.57. The van der Waals surface area contributed by atoms with Crippen LogP contribution in [0.15, 0.2) is 18.2 Å². The quantitative estimate of drug-likeness (QED) is 0.840. The fourth-order valence-electron chi connectivity index (χ4n) is 2.90. The van der Waals surface area contributed by atoms with E-state index >= 15 is 0 Å². The number of rotatable bonds is 6. The molecule has 2 aliphatic rings. The number of hydrogen-bond donors (Lipinski definition) is 2. The van der Waals surface area contributed by atoms with Gasteiger partial charge in [0, 0.05) is 12.5 Å². The molecule has 112 valence electrons. The highest BCUT2D eigenvalue weighted by molar-refractivity contribution is 5.91. The number of hydrogen-bond acceptors (Lipinski definition) is 3. The molecule has 2 aliphatic carbocycles. The summed E-state index contributed by atoms with van der Waals surface area (Å²) in [6.07, 6.45) is 3.59. The predicted molar refractivity (Wildman–Crippen MR) is 76.1 cm³/mol. The van der Waals surface area contributed by atoms with E-state index in [0.717, 1.165) is 17.9 Å². The van der Waals surface area contributed by atoms with E-state index < -0.39 is 5.97 Å². The number of carboxylic acid groups (broad SMARTS) is 1. The van der Waals surface area contributed by atoms with Gasteiger partial charge in [-0.25, -0.2) is 4.79 Å². The molecule has 0 radical (unpaired) electrons. The number of aromatic carboxylic acids is 1. The van der Waals surface area contributed by atoms with Crippen molar-refractivity contribution < 1.29 is 19.4 Å². The lowest BCUT2D eigenvalue weighted by Crippen LogP contribution is -2.25. The van der Waals surface area contributed by atoms with Crippen molar-refractivity contribution in [3.8, 4) is 5.75 Å². The van der Waals surface area contributed by atoms with Gasteiger partial charge in [-0.15, -0.1) is 0 Å². The average Bonchev–Trinajstić information content (AvgIpc) is 3.35. The standard InChI is InChI=1S/C16H19NO4/c1-21-14-6-9(2-5-11(14)16(19)20)8-17-15(18)13-7-12(13)10-3-4-10/h2,5-6,10,12-13H,3-4,7-8H2,1H3,(H,17,18)(H,19,20)/t12-,13-/m0/s1. The van der Waals surface area contributed by atoms with Gasteiger partial charge < -0.3 is 15.2 Å². The average molecular weight is 289 g/mol. The first-order chi connectivity index (χ1) is 10.1. The van der Waals surface area contributed by atoms with E-state index in [1.165, 1.54) is 26.0 Å². The smallest absolute Gasteiger partial charge is 0.339 e. The molecule has 0 aromatic heterocycles. The molecule has 1 aromatic rings. The fraction of sp³-hybridized carbons (Fsp3) is 0.500. The summed E-state index contributed by atoms with van der Waals surface area (Å²) >= 11 is 0. The van der Waals surface area contributed by atoms with Crippen LogP contribution in [0.1, 0.15) is 35.2 Å². The lowest BCUT2D eigenvalue weighted by Gasteiger charge is -2.09. The Morgan fingerprint density at radius 1 is 1.38 bits per heavy atom. The molecular weight excluding hydrogens is 270 g/mol. The Kier molecular flexibility index (Phi) is 3.57. The van der Waals surface area contributed by atoms with Crippen LogP contribution < -0.4 is 10.1 Å². The van der Waals surface area contributed by atoms with Crippen molar-refractivity contribution in [3.63, 3.8) is 0 Å². The molecule has 2 fully saturated rings. The highest BCUT2D eigenvalue weighted by Gasteiger charge is 2.50. The van der Waals surface area contributed by atoms with Gasteiger partial charge >= 0.3 is 5.97 Å². The summed E-state index contributed by atoms with van der Waals surface area (Å²) in [5.41, 5.74) is 0.970. The van der Waals surface area contributed by atoms with E-state index in [1.807, 2.05) is 0 Å². The summed E-state index contributed by atoms with van der Waals surface area (Å²) in [7, 11) is 1.44. The Labute approximate surface area is 123 Å². The Morgan fingerprint density at radius 2 is 2.14 bits per heavy atom. The van der Waals surface area contributed by atoms with Crippen molar-refractivity contribution in [1.82, 2.24) is 5.32 Å². The summed E-state index contributed by atoms with van der Waals surface area (Å²) in [6, 6.07) is 4.87. The second-order valence-corrected chi connectivity index (χ2v) is 5.90. The Morgan fingerprint density at radius 3 is 2.76 bits per heavy atom. The van der Waals surface area contributed by atoms with Crippen LogP contribution in [0.25, 0.3) is 0 Å². The molecule has 2 N–H and O–H groups in total. The first-order valence-electron chi connectivity index (χ1n) is 7.28. The van der Waals surface area contributed by atoms with Gasteiger partial charge in [0.1, 0.15) is 11.3 Å². The molecule has 0 saturated heterocycles. The summed E-state index contributed by atoms with van der Waals surface area (Å²) in [5.74, 6) is 1.000. The van der Waals surface area contributed by atoms with Crippen LogP contribution in [-0.4, -0.2) is 24.1 Å². The zero-order valence-electron chi connectivity index (χ0n) is 12.0. The molecule has 2 saturated carbocycles. The van der Waals surface area contributed by atoms with Crippen molar-refractivity contribution >= 4 is 11.9 Å². The molecule has 1 amide bonds. The van der Waals surface area contributed by atoms with Crippen molar-refractivity contribution in [3.05, 3.63) is 29.3 Å². The molecule has 0 bridgehead atoms. The molecule has 1 aromatic carbocycles. The molecule has 0 aliphatic heterocycles. The van der Waals surface area contributed by atoms with E-state index in [0.29, 0.717) is 18.2 Å². The number of nitrogens with one attached hydrogen (secondary N) is 1. The monoisotopic (exact) mass is 289 g/mol. The van der Waals surface area contributed by atoms with Crippen LogP contribution in [0, 0.1) is 17.8 Å². The number of carbonyl (C=O) groups is 2. The zero-order chi connectivity index (χ0) is 15.0. The number of amides is 1. The van der Waals surface area contributed by atoms with E-state index in [2.05, 4.69) is 5.32 Å². The van der Waals surface area contributed by atoms with Gasteiger partial charge in [-0.2, -0.15) is 0 Å². The van der Waals surface area contributed by atoms with Gasteiger partial charge in [0.05, 0.1) is 7.11 Å². The number of carboxylic acids is 1. The van der Waals surface area contributed by atoms with Crippen LogP contribution in [0.5, 0.6) is 5.75 Å². The van der Waals surface area contributed by atoms with E-state index in [1.54, 1.807) is 12.1 Å². The lowest BCUT2D eigenvalue weighted by molar-refractivity contribution is -0.122. The second-order valence-electron chi connectivity index (χ2n) is 5.90. The minimum absolute atomic E-state index is 0.119. The second kappa shape index (κ2) is 5.39. The molecule has 0 unspecified atom stereocenters. The summed E-state index contributed by atoms with van der Waals surface area (Å²) in [5, 5.41) is 12.0. The third-order valence-electron chi connectivity index (χ3n) is 4.37. The van der Waals surface area contributed by atoms with Crippen LogP contribution in [-0.2, 0) is 11.3 Å². The normalized spacial score (nSPS) is 23.5. The van der Waals surface area contributed by atoms with Gasteiger partial charge in [-0.05, 0) is 48.8 Å². The maximum absolute atomic E-state index is 12.0. The molecule has 0 heterocycles. The van der Waals surface area contributed by atoms with Gasteiger partial charge in [-0.1, -0.05) is 6.07 Å². The zero-order valence-corrected chi connectivity index (χ0v) is 12.0. The minimum atomic E-state index is -1.02. The molecule has 5 heteroatoms. The summed E-state index contributed by atoms with van der Waals surface area (Å²) in [6.45, 7) is 0.406. The van der Waals surface area contributed by atoms with Crippen LogP contribution >= 0.6 is 0 Å². The van der Waals surface area contributed by atoms with Crippen LogP contribution in [0.2, 0.25) is 0 Å². The first-order valence-corrected chi connectivity index (χ1v) is 7.28. The van der Waals surface area contributed by atoms with E-state index in [4.69, 9.17) is 9.84 Å². The maximum atomic E-state index is 12.0. The molecule has 3 rings (SSSR count). The number of ether oxygens (including phenoxy) is 1. The van der Waals surface area contributed by atoms with Gasteiger partial charge in [0.15, 0.2) is 0 Å². The van der Waals surface area contributed by atoms with Crippen molar-refractivity contribution in [1.29, 1.82) is 0 Å². The topological polar surface area (TPSA) is 75.6 Å². The van der Waals surface area contributed by atoms with Crippen molar-refractivity contribution in [2.45, 2.75) is 25.8 Å². The number of methoxy groups -OCH3 is 1. The molecule has 5 nitrogen and oxygen atoms in total. The van der Waals surface area contributed by atoms with Gasteiger partial charge in [0.25, 0.3) is 0 Å². The van der Waals surface area contributed by atoms with Crippen molar-refractivity contribution in [2.75, 3.05) is 7.11 Å². The van der Waals surface area contributed by atoms with Crippen LogP contribution in [0.4, 0.5) is 0 Å². The fourth-order valence-corrected chi connectivity index (χ4v) is 2.90. The Bertz CT molecular complexity index is 580. The molecular formula is C16H19NO4. The van der Waals surface area contributed by atoms with Crippen LogP contribution in [0.3, 0.4) is 0 Å². The summed E-state index contributed by atoms with van der Waals surface area (Å²) < 4.78 is 5.08. The third kappa shape index (κ3) is 3.01. The highest BCUT2D eigenvalue weighted by Crippen LogP contribution is 2.54. The van der Waals surface area contributed by atoms with Gasteiger partial charge in [0.2, 0.25) is 5.91 Å². The molecule has 0 spiro atoms. The first kappa shape index (κ1) is 13.9. The SMILES string of the molecule is COc1cc(CNC(=O)[C@H]2C[C@H]2C2CC2)ccc1C(=O)O. The number of carbonyl (C=O) groups excluding carboxylic acids is 1. The number of benzene rings is 1. The van der Waals surface area contributed by atoms with Gasteiger partial charge in [-0.3, -0.25) is 4.79 Å². The van der Waals surface area contributed by atoms with Crippen molar-refractivity contribution in [2.24, 2.45) is 17.8 Å². The predicted octanol–water partition coefficient (Wildman–Crippen LogP) is 2.06. The molecule has 21 heavy (non-hydrogen) atoms. The van der Waals surface area contributed by atoms with E-state index in [9.17, 15) is 9.59 Å². The lowest BCUT2D eigenvalue weighted by atomic mass is 10.1. The maximum Gasteiger partial charge on any atom is 0.339 e. The molecule has 2 atom stereocenters. The largest absolute Gasteiger partial charge is 0.496 e.